The van der Waals surface area contributed by atoms with E-state index in [4.69, 9.17) is 29.8 Å². The Kier molecular flexibility index (Phi) is 13.7. The molecule has 0 heterocycles. The van der Waals surface area contributed by atoms with Crippen LogP contribution in [0, 0.1) is 0 Å². The molecule has 0 atom stereocenters. The summed E-state index contributed by atoms with van der Waals surface area (Å²) in [5, 5.41) is 12.0. The van der Waals surface area contributed by atoms with Gasteiger partial charge in [0.25, 0.3) is 0 Å². The molecular formula is H7O7P. The average molecular weight is 150 g/mol. The molecule has 0 rings (SSSR count). The molecule has 0 aliphatic carbocycles. The molecule has 0 aliphatic rings. The zero-order valence-corrected chi connectivity index (χ0v) is 4.49. The van der Waals surface area contributed by atoms with Gasteiger partial charge in [-0.3, -0.25) is 10.5 Å². The van der Waals surface area contributed by atoms with Crippen molar-refractivity contribution in [1.82, 2.24) is 0 Å². The summed E-state index contributed by atoms with van der Waals surface area (Å²) in [6.45, 7) is 0. The van der Waals surface area contributed by atoms with Crippen LogP contribution in [0.2, 0.25) is 0 Å². The monoisotopic (exact) mass is 150 g/mol. The molecule has 0 radical (unpaired) electrons. The number of hydrogen-bond acceptors (Lipinski definition) is 3. The highest BCUT2D eigenvalue weighted by molar-refractivity contribution is 7.45. The third kappa shape index (κ3) is 1490000. The van der Waals surface area contributed by atoms with Gasteiger partial charge in [-0.15, -0.1) is 0 Å². The SMILES string of the molecule is O.O=P(O)(O)O.OO. The van der Waals surface area contributed by atoms with Crippen molar-refractivity contribution >= 4 is 7.82 Å². The van der Waals surface area contributed by atoms with Crippen LogP contribution >= 0.6 is 7.82 Å². The first-order valence-corrected chi connectivity index (χ1v) is 2.55. The van der Waals surface area contributed by atoms with Gasteiger partial charge in [-0.1, -0.05) is 0 Å². The van der Waals surface area contributed by atoms with E-state index >= 15 is 0 Å². The van der Waals surface area contributed by atoms with Crippen molar-refractivity contribution in [2.24, 2.45) is 0 Å². The quantitative estimate of drug-likeness (QED) is 0.157. The van der Waals surface area contributed by atoms with E-state index in [2.05, 4.69) is 0 Å². The van der Waals surface area contributed by atoms with E-state index in [-0.39, 0.29) is 5.48 Å². The van der Waals surface area contributed by atoms with E-state index in [1.165, 1.54) is 0 Å². The van der Waals surface area contributed by atoms with Gasteiger partial charge in [0.05, 0.1) is 0 Å². The van der Waals surface area contributed by atoms with Crippen LogP contribution in [-0.2, 0) is 4.57 Å². The molecule has 8 heavy (non-hydrogen) atoms. The summed E-state index contributed by atoms with van der Waals surface area (Å²) in [4.78, 5) is 21.6. The Morgan fingerprint density at radius 2 is 1.00 bits per heavy atom. The molecular weight excluding hydrogens is 143 g/mol. The zero-order chi connectivity index (χ0) is 6.50. The van der Waals surface area contributed by atoms with Gasteiger partial charge in [0.15, 0.2) is 0 Å². The van der Waals surface area contributed by atoms with Gasteiger partial charge in [-0.2, -0.15) is 0 Å². The Labute approximate surface area is 44.3 Å². The smallest absolute Gasteiger partial charge is 0.412 e. The Hall–Kier alpha value is -0.0100. The summed E-state index contributed by atoms with van der Waals surface area (Å²) in [5.41, 5.74) is 0. The second-order valence-electron chi connectivity index (χ2n) is 0.513. The first kappa shape index (κ1) is 15.7. The van der Waals surface area contributed by atoms with Crippen molar-refractivity contribution in [1.29, 1.82) is 0 Å². The lowest BCUT2D eigenvalue weighted by molar-refractivity contribution is -0.176. The molecule has 0 amide bonds. The summed E-state index contributed by atoms with van der Waals surface area (Å²) in [6, 6.07) is 0. The van der Waals surface area contributed by atoms with Gasteiger partial charge < -0.3 is 20.2 Å². The first-order valence-electron chi connectivity index (χ1n) is 0.983. The van der Waals surface area contributed by atoms with Crippen molar-refractivity contribution < 1.29 is 35.2 Å². The van der Waals surface area contributed by atoms with Gasteiger partial charge in [-0.25, -0.2) is 4.57 Å². The Morgan fingerprint density at radius 1 is 1.00 bits per heavy atom. The molecule has 0 bridgehead atoms. The van der Waals surface area contributed by atoms with E-state index in [1.54, 1.807) is 0 Å². The van der Waals surface area contributed by atoms with E-state index in [0.29, 0.717) is 0 Å². The number of rotatable bonds is 0. The van der Waals surface area contributed by atoms with Crippen molar-refractivity contribution in [3.8, 4) is 0 Å². The molecule has 0 unspecified atom stereocenters. The second-order valence-corrected chi connectivity index (χ2v) is 1.54. The molecule has 7 nitrogen and oxygen atoms in total. The van der Waals surface area contributed by atoms with E-state index in [0.717, 1.165) is 0 Å². The molecule has 0 aromatic carbocycles. The van der Waals surface area contributed by atoms with Crippen LogP contribution < -0.4 is 0 Å². The molecule has 0 fully saturated rings. The summed E-state index contributed by atoms with van der Waals surface area (Å²) in [5.74, 6) is 0. The highest BCUT2D eigenvalue weighted by Gasteiger charge is 2.00. The second kappa shape index (κ2) is 6.99. The van der Waals surface area contributed by atoms with Gasteiger partial charge in [0.1, 0.15) is 0 Å². The van der Waals surface area contributed by atoms with Gasteiger partial charge in [0.2, 0.25) is 0 Å². The Balaban J connectivity index is -0.0000000750. The molecule has 0 aromatic rings. The molecule has 8 heteroatoms. The van der Waals surface area contributed by atoms with Gasteiger partial charge >= 0.3 is 7.82 Å². The fourth-order valence-corrected chi connectivity index (χ4v) is 0. The average Bonchev–Trinajstić information content (AvgIpc) is 1.36. The maximum absolute atomic E-state index is 8.88. The fourth-order valence-electron chi connectivity index (χ4n) is 0. The largest absolute Gasteiger partial charge is 0.466 e. The lowest BCUT2D eigenvalue weighted by atomic mass is 15.0. The van der Waals surface area contributed by atoms with Gasteiger partial charge in [0, 0.05) is 0 Å². The van der Waals surface area contributed by atoms with Crippen molar-refractivity contribution in [3.05, 3.63) is 0 Å². The summed E-state index contributed by atoms with van der Waals surface area (Å²) >= 11 is 0. The van der Waals surface area contributed by atoms with Gasteiger partial charge in [-0.05, 0) is 0 Å². The number of hydrogen-bond donors (Lipinski definition) is 5. The highest BCUT2D eigenvalue weighted by atomic mass is 31.2. The molecule has 0 saturated heterocycles. The van der Waals surface area contributed by atoms with Crippen LogP contribution in [0.1, 0.15) is 0 Å². The maximum atomic E-state index is 8.88. The third-order valence-electron chi connectivity index (χ3n) is 0. The Morgan fingerprint density at radius 3 is 1.00 bits per heavy atom. The van der Waals surface area contributed by atoms with E-state index < -0.39 is 7.82 Å². The lowest BCUT2D eigenvalue weighted by Crippen LogP contribution is -1.66. The number of phosphoric acid groups is 1. The first-order chi connectivity index (χ1) is 3.00. The minimum absolute atomic E-state index is 0. The van der Waals surface area contributed by atoms with Crippen molar-refractivity contribution in [2.75, 3.05) is 0 Å². The Bertz CT molecular complexity index is 50.5. The summed E-state index contributed by atoms with van der Waals surface area (Å²) in [6.07, 6.45) is 0. The third-order valence-corrected chi connectivity index (χ3v) is 0. The predicted octanol–water partition coefficient (Wildman–Crippen LogP) is -1.74. The zero-order valence-electron chi connectivity index (χ0n) is 3.59. The van der Waals surface area contributed by atoms with Crippen LogP contribution in [0.15, 0.2) is 0 Å². The fraction of sp³-hybridized carbons (Fsp3) is 0. The maximum Gasteiger partial charge on any atom is 0.466 e. The van der Waals surface area contributed by atoms with Crippen molar-refractivity contribution in [3.63, 3.8) is 0 Å². The van der Waals surface area contributed by atoms with Crippen LogP contribution in [-0.4, -0.2) is 30.7 Å². The van der Waals surface area contributed by atoms with Crippen LogP contribution in [0.4, 0.5) is 0 Å². The minimum Gasteiger partial charge on any atom is -0.412 e. The van der Waals surface area contributed by atoms with E-state index in [9.17, 15) is 0 Å². The molecule has 0 aliphatic heterocycles. The van der Waals surface area contributed by atoms with Crippen LogP contribution in [0.5, 0.6) is 0 Å². The van der Waals surface area contributed by atoms with E-state index in [1.807, 2.05) is 0 Å². The minimum atomic E-state index is -4.64. The van der Waals surface area contributed by atoms with Crippen LogP contribution in [0.3, 0.4) is 0 Å². The molecule has 0 saturated carbocycles. The standard InChI is InChI=1S/H3O4P.H2O2.H2O/c1-5(2,3)4;1-2;/h(H3,1,2,3,4);1-2H;1H2. The van der Waals surface area contributed by atoms with Crippen LogP contribution in [0.25, 0.3) is 0 Å². The molecule has 0 aromatic heterocycles. The lowest BCUT2D eigenvalue weighted by Gasteiger charge is -1.82. The predicted molar refractivity (Wildman–Crippen MR) is 23.1 cm³/mol. The topological polar surface area (TPSA) is 150 Å². The summed E-state index contributed by atoms with van der Waals surface area (Å²) < 4.78 is 8.88. The normalized spacial score (nSPS) is 8.12. The summed E-state index contributed by atoms with van der Waals surface area (Å²) in [7, 11) is -4.64. The molecule has 54 valence electrons. The molecule has 7 N–H and O–H groups in total. The van der Waals surface area contributed by atoms with Crippen molar-refractivity contribution in [2.45, 2.75) is 0 Å². The molecule has 0 spiro atoms. The highest BCUT2D eigenvalue weighted by Crippen LogP contribution is 2.25.